The molecule has 6 nitrogen and oxygen atoms in total. The van der Waals surface area contributed by atoms with E-state index in [1.54, 1.807) is 19.2 Å². The molecule has 0 bridgehead atoms. The average molecular weight is 429 g/mol. The molecule has 1 heterocycles. The van der Waals surface area contributed by atoms with Crippen molar-refractivity contribution >= 4 is 11.8 Å². The van der Waals surface area contributed by atoms with Crippen LogP contribution in [0.1, 0.15) is 29.7 Å². The third-order valence-electron chi connectivity index (χ3n) is 6.00. The number of nitrogens with zero attached hydrogens (tertiary/aromatic N) is 1. The molecule has 2 aromatic carbocycles. The Balaban J connectivity index is 1.63. The number of nitrogens with one attached hydrogen (secondary N) is 2. The second-order valence-electron chi connectivity index (χ2n) is 8.05. The molecule has 2 amide bonds. The maximum atomic E-state index is 13.9. The number of likely N-dealkylation sites (N-methyl/N-ethyl adjacent to an activating group) is 1. The number of benzene rings is 2. The standard InChI is InChI=1S/C24H31FN4O2/c1-3-18-7-9-19(10-8-18)24(20-5-4-6-21(25)15-20)27-16-23(31)29-13-11-28(12-14-29)17-22(30)26-2/h4-10,15,24,27H,3,11-14,16-17H2,1-2H3,(H,26,30)/p+2/t24-/m0/s1. The molecule has 1 saturated heterocycles. The number of halogens is 1. The largest absolute Gasteiger partial charge is 0.354 e. The summed E-state index contributed by atoms with van der Waals surface area (Å²) in [7, 11) is 1.64. The summed E-state index contributed by atoms with van der Waals surface area (Å²) in [5.74, 6) is -0.177. The Morgan fingerprint density at radius 3 is 2.45 bits per heavy atom. The highest BCUT2D eigenvalue weighted by molar-refractivity contribution is 5.77. The Bertz CT molecular complexity index is 879. The first kappa shape index (κ1) is 22.9. The van der Waals surface area contributed by atoms with Gasteiger partial charge in [0.1, 0.15) is 11.9 Å². The van der Waals surface area contributed by atoms with Gasteiger partial charge in [0.15, 0.2) is 13.1 Å². The molecular formula is C24H33FN4O2+2. The predicted molar refractivity (Wildman–Crippen MR) is 117 cm³/mol. The molecule has 1 aliphatic rings. The van der Waals surface area contributed by atoms with E-state index in [0.29, 0.717) is 26.2 Å². The molecule has 166 valence electrons. The monoisotopic (exact) mass is 428 g/mol. The van der Waals surface area contributed by atoms with Crippen LogP contribution < -0.4 is 15.5 Å². The van der Waals surface area contributed by atoms with E-state index < -0.39 is 0 Å². The lowest BCUT2D eigenvalue weighted by Gasteiger charge is -2.31. The first-order chi connectivity index (χ1) is 15.0. The first-order valence-corrected chi connectivity index (χ1v) is 11.0. The number of hydrogen-bond acceptors (Lipinski definition) is 2. The summed E-state index contributed by atoms with van der Waals surface area (Å²) in [6.45, 7) is 5.68. The lowest BCUT2D eigenvalue weighted by molar-refractivity contribution is -0.896. The lowest BCUT2D eigenvalue weighted by Crippen LogP contribution is -3.16. The Kier molecular flexibility index (Phi) is 8.14. The van der Waals surface area contributed by atoms with Crippen molar-refractivity contribution in [1.29, 1.82) is 0 Å². The molecule has 1 aliphatic heterocycles. The molecule has 1 fully saturated rings. The summed E-state index contributed by atoms with van der Waals surface area (Å²) < 4.78 is 13.9. The molecule has 0 saturated carbocycles. The maximum absolute atomic E-state index is 13.9. The molecule has 3 rings (SSSR count). The second kappa shape index (κ2) is 11.0. The van der Waals surface area contributed by atoms with Crippen molar-refractivity contribution in [1.82, 2.24) is 10.2 Å². The summed E-state index contributed by atoms with van der Waals surface area (Å²) in [6.07, 6.45) is 0.959. The van der Waals surface area contributed by atoms with Crippen LogP contribution in [0, 0.1) is 5.82 Å². The zero-order valence-electron chi connectivity index (χ0n) is 18.4. The van der Waals surface area contributed by atoms with Crippen molar-refractivity contribution in [3.8, 4) is 0 Å². The van der Waals surface area contributed by atoms with Gasteiger partial charge in [-0.05, 0) is 24.1 Å². The molecule has 0 radical (unpaired) electrons. The van der Waals surface area contributed by atoms with Crippen LogP contribution in [-0.4, -0.2) is 63.0 Å². The van der Waals surface area contributed by atoms with Gasteiger partial charge in [-0.15, -0.1) is 0 Å². The molecule has 4 N–H and O–H groups in total. The van der Waals surface area contributed by atoms with E-state index in [0.717, 1.165) is 30.6 Å². The SMILES string of the molecule is CCc1ccc([C@H]([NH2+]CC(=O)N2CC[NH+](CC(=O)NC)CC2)c2cccc(F)c2)cc1. The Morgan fingerprint density at radius 2 is 1.84 bits per heavy atom. The second-order valence-corrected chi connectivity index (χ2v) is 8.05. The van der Waals surface area contributed by atoms with E-state index >= 15 is 0 Å². The van der Waals surface area contributed by atoms with Gasteiger partial charge in [-0.1, -0.05) is 43.3 Å². The summed E-state index contributed by atoms with van der Waals surface area (Å²) in [5, 5.41) is 4.64. The van der Waals surface area contributed by atoms with Crippen molar-refractivity contribution in [2.24, 2.45) is 0 Å². The molecule has 0 spiro atoms. The maximum Gasteiger partial charge on any atom is 0.278 e. The number of carbonyl (C=O) groups excluding carboxylic acids is 2. The van der Waals surface area contributed by atoms with Gasteiger partial charge in [0.25, 0.3) is 11.8 Å². The summed E-state index contributed by atoms with van der Waals surface area (Å²) in [5.41, 5.74) is 3.14. The van der Waals surface area contributed by atoms with Crippen LogP contribution in [0.5, 0.6) is 0 Å². The van der Waals surface area contributed by atoms with E-state index in [1.165, 1.54) is 16.5 Å². The number of piperazine rings is 1. The Hall–Kier alpha value is -2.77. The Labute approximate surface area is 183 Å². The fraction of sp³-hybridized carbons (Fsp3) is 0.417. The van der Waals surface area contributed by atoms with Gasteiger partial charge in [0.2, 0.25) is 0 Å². The number of hydrogen-bond donors (Lipinski definition) is 3. The fourth-order valence-corrected chi connectivity index (χ4v) is 4.04. The minimum absolute atomic E-state index is 0.0233. The van der Waals surface area contributed by atoms with Crippen LogP contribution in [0.4, 0.5) is 4.39 Å². The van der Waals surface area contributed by atoms with E-state index in [-0.39, 0.29) is 23.7 Å². The van der Waals surface area contributed by atoms with Crippen molar-refractivity contribution in [3.63, 3.8) is 0 Å². The topological polar surface area (TPSA) is 70.5 Å². The number of amides is 2. The van der Waals surface area contributed by atoms with Crippen LogP contribution in [0.2, 0.25) is 0 Å². The zero-order chi connectivity index (χ0) is 22.2. The summed E-state index contributed by atoms with van der Waals surface area (Å²) in [4.78, 5) is 27.5. The molecule has 0 aliphatic carbocycles. The van der Waals surface area contributed by atoms with Crippen LogP contribution >= 0.6 is 0 Å². The predicted octanol–water partition coefficient (Wildman–Crippen LogP) is -0.486. The van der Waals surface area contributed by atoms with Crippen LogP contribution in [-0.2, 0) is 16.0 Å². The summed E-state index contributed by atoms with van der Waals surface area (Å²) in [6, 6.07) is 14.8. The lowest BCUT2D eigenvalue weighted by atomic mass is 9.97. The summed E-state index contributed by atoms with van der Waals surface area (Å²) >= 11 is 0. The number of nitrogens with two attached hydrogens (primary N) is 1. The third-order valence-corrected chi connectivity index (χ3v) is 6.00. The number of quaternary nitrogens is 2. The molecule has 7 heteroatoms. The van der Waals surface area contributed by atoms with E-state index in [2.05, 4.69) is 36.5 Å². The smallest absolute Gasteiger partial charge is 0.278 e. The van der Waals surface area contributed by atoms with Gasteiger partial charge in [-0.3, -0.25) is 9.59 Å². The normalized spacial score (nSPS) is 15.5. The van der Waals surface area contributed by atoms with Gasteiger partial charge in [-0.25, -0.2) is 4.39 Å². The van der Waals surface area contributed by atoms with Gasteiger partial charge in [0, 0.05) is 18.2 Å². The molecule has 0 aromatic heterocycles. The molecule has 2 aromatic rings. The Morgan fingerprint density at radius 1 is 1.13 bits per heavy atom. The van der Waals surface area contributed by atoms with E-state index in [1.807, 2.05) is 16.3 Å². The highest BCUT2D eigenvalue weighted by Gasteiger charge is 2.27. The minimum atomic E-state index is -0.275. The van der Waals surface area contributed by atoms with Crippen molar-refractivity contribution in [2.75, 3.05) is 46.3 Å². The number of carbonyl (C=O) groups is 2. The van der Waals surface area contributed by atoms with E-state index in [4.69, 9.17) is 0 Å². The zero-order valence-corrected chi connectivity index (χ0v) is 18.4. The quantitative estimate of drug-likeness (QED) is 0.531. The van der Waals surface area contributed by atoms with Gasteiger partial charge < -0.3 is 20.4 Å². The molecule has 1 atom stereocenters. The van der Waals surface area contributed by atoms with Gasteiger partial charge in [-0.2, -0.15) is 0 Å². The molecule has 0 unspecified atom stereocenters. The van der Waals surface area contributed by atoms with E-state index in [9.17, 15) is 14.0 Å². The minimum Gasteiger partial charge on any atom is -0.354 e. The average Bonchev–Trinajstić information content (AvgIpc) is 2.80. The number of aryl methyl sites for hydroxylation is 1. The van der Waals surface area contributed by atoms with Crippen molar-refractivity contribution < 1.29 is 24.2 Å². The van der Waals surface area contributed by atoms with Crippen molar-refractivity contribution in [2.45, 2.75) is 19.4 Å². The first-order valence-electron chi connectivity index (χ1n) is 11.0. The van der Waals surface area contributed by atoms with Crippen LogP contribution in [0.15, 0.2) is 48.5 Å². The highest BCUT2D eigenvalue weighted by Crippen LogP contribution is 2.20. The van der Waals surface area contributed by atoms with Crippen LogP contribution in [0.25, 0.3) is 0 Å². The van der Waals surface area contributed by atoms with Crippen molar-refractivity contribution in [3.05, 3.63) is 71.0 Å². The third kappa shape index (κ3) is 6.35. The fourth-order valence-electron chi connectivity index (χ4n) is 4.04. The molecular weight excluding hydrogens is 395 g/mol. The van der Waals surface area contributed by atoms with Gasteiger partial charge in [0.05, 0.1) is 26.2 Å². The van der Waals surface area contributed by atoms with Gasteiger partial charge >= 0.3 is 0 Å². The molecule has 31 heavy (non-hydrogen) atoms. The van der Waals surface area contributed by atoms with Crippen LogP contribution in [0.3, 0.4) is 0 Å². The highest BCUT2D eigenvalue weighted by atomic mass is 19.1. The number of rotatable bonds is 8.